The van der Waals surface area contributed by atoms with Gasteiger partial charge < -0.3 is 14.1 Å². The van der Waals surface area contributed by atoms with Gasteiger partial charge >= 0.3 is 0 Å². The van der Waals surface area contributed by atoms with Crippen molar-refractivity contribution in [1.82, 2.24) is 0 Å². The average Bonchev–Trinajstić information content (AvgIpc) is 3.09. The van der Waals surface area contributed by atoms with Gasteiger partial charge in [-0.3, -0.25) is 4.79 Å². The van der Waals surface area contributed by atoms with E-state index in [1.54, 1.807) is 17.4 Å². The minimum absolute atomic E-state index is 0.000165. The van der Waals surface area contributed by atoms with Gasteiger partial charge in [0, 0.05) is 24.7 Å². The second-order valence-electron chi connectivity index (χ2n) is 5.24. The summed E-state index contributed by atoms with van der Waals surface area (Å²) in [6.45, 7) is 2.81. The van der Waals surface area contributed by atoms with Gasteiger partial charge in [-0.15, -0.1) is 0 Å². The SMILES string of the molecule is O=c1cc(N2CCOCC2)oc2c(-c3ccsc3)cccc12. The van der Waals surface area contributed by atoms with Crippen molar-refractivity contribution in [3.8, 4) is 11.1 Å². The number of thiophene rings is 1. The summed E-state index contributed by atoms with van der Waals surface area (Å²) >= 11 is 1.63. The van der Waals surface area contributed by atoms with Gasteiger partial charge in [0.1, 0.15) is 5.58 Å². The Hall–Kier alpha value is -2.11. The molecular weight excluding hydrogens is 298 g/mol. The van der Waals surface area contributed by atoms with E-state index in [2.05, 4.69) is 10.3 Å². The van der Waals surface area contributed by atoms with Crippen LogP contribution < -0.4 is 10.3 Å². The Morgan fingerprint density at radius 1 is 1.14 bits per heavy atom. The Bertz CT molecular complexity index is 848. The Balaban J connectivity index is 1.91. The molecule has 0 amide bonds. The number of rotatable bonds is 2. The number of nitrogens with zero attached hydrogens (tertiary/aromatic N) is 1. The normalized spacial score (nSPS) is 15.4. The molecule has 0 atom stereocenters. The van der Waals surface area contributed by atoms with E-state index in [9.17, 15) is 4.79 Å². The van der Waals surface area contributed by atoms with Gasteiger partial charge in [0.2, 0.25) is 0 Å². The van der Waals surface area contributed by atoms with Crippen LogP contribution in [0, 0.1) is 0 Å². The summed E-state index contributed by atoms with van der Waals surface area (Å²) in [6.07, 6.45) is 0. The lowest BCUT2D eigenvalue weighted by Gasteiger charge is -2.27. The third kappa shape index (κ3) is 2.32. The van der Waals surface area contributed by atoms with Crippen molar-refractivity contribution in [1.29, 1.82) is 0 Å². The highest BCUT2D eigenvalue weighted by molar-refractivity contribution is 7.08. The summed E-state index contributed by atoms with van der Waals surface area (Å²) < 4.78 is 11.5. The van der Waals surface area contributed by atoms with Crippen LogP contribution >= 0.6 is 11.3 Å². The van der Waals surface area contributed by atoms with Crippen LogP contribution in [-0.4, -0.2) is 26.3 Å². The van der Waals surface area contributed by atoms with E-state index in [1.165, 1.54) is 0 Å². The maximum Gasteiger partial charge on any atom is 0.200 e. The van der Waals surface area contributed by atoms with Gasteiger partial charge in [0.15, 0.2) is 11.3 Å². The standard InChI is InChI=1S/C17H15NO3S/c19-15-10-16(18-5-7-20-8-6-18)21-17-13(2-1-3-14(15)17)12-4-9-22-11-12/h1-4,9-11H,5-8H2. The predicted molar refractivity (Wildman–Crippen MR) is 88.8 cm³/mol. The van der Waals surface area contributed by atoms with Gasteiger partial charge in [-0.2, -0.15) is 11.3 Å². The van der Waals surface area contributed by atoms with Crippen molar-refractivity contribution in [2.45, 2.75) is 0 Å². The van der Waals surface area contributed by atoms with Crippen LogP contribution in [0.4, 0.5) is 5.88 Å². The highest BCUT2D eigenvalue weighted by Crippen LogP contribution is 2.31. The van der Waals surface area contributed by atoms with Crippen molar-refractivity contribution in [3.63, 3.8) is 0 Å². The summed E-state index contributed by atoms with van der Waals surface area (Å²) in [5, 5.41) is 4.72. The fourth-order valence-electron chi connectivity index (χ4n) is 2.75. The molecule has 0 bridgehead atoms. The molecule has 4 nitrogen and oxygen atoms in total. The molecule has 1 saturated heterocycles. The number of benzene rings is 1. The van der Waals surface area contributed by atoms with Gasteiger partial charge in [0.05, 0.1) is 18.6 Å². The highest BCUT2D eigenvalue weighted by Gasteiger charge is 2.17. The van der Waals surface area contributed by atoms with Crippen molar-refractivity contribution in [2.75, 3.05) is 31.2 Å². The lowest BCUT2D eigenvalue weighted by atomic mass is 10.1. The summed E-state index contributed by atoms with van der Waals surface area (Å²) in [5.41, 5.74) is 2.71. The van der Waals surface area contributed by atoms with Crippen molar-refractivity contribution >= 4 is 28.2 Å². The molecule has 0 N–H and O–H groups in total. The molecule has 0 radical (unpaired) electrons. The molecule has 1 aliphatic rings. The first-order valence-electron chi connectivity index (χ1n) is 7.25. The smallest absolute Gasteiger partial charge is 0.200 e. The summed E-state index contributed by atoms with van der Waals surface area (Å²) in [4.78, 5) is 14.5. The Morgan fingerprint density at radius 3 is 2.77 bits per heavy atom. The predicted octanol–water partition coefficient (Wildman–Crippen LogP) is 3.36. The van der Waals surface area contributed by atoms with E-state index in [1.807, 2.05) is 29.6 Å². The molecule has 3 heterocycles. The Morgan fingerprint density at radius 2 is 2.00 bits per heavy atom. The summed E-state index contributed by atoms with van der Waals surface area (Å²) in [6, 6.07) is 9.35. The van der Waals surface area contributed by atoms with E-state index in [0.717, 1.165) is 24.2 Å². The third-order valence-corrected chi connectivity index (χ3v) is 4.58. The minimum Gasteiger partial charge on any atom is -0.440 e. The number of morpholine rings is 1. The van der Waals surface area contributed by atoms with E-state index in [0.29, 0.717) is 30.1 Å². The molecule has 0 unspecified atom stereocenters. The molecule has 5 heteroatoms. The van der Waals surface area contributed by atoms with E-state index in [4.69, 9.17) is 9.15 Å². The van der Waals surface area contributed by atoms with Crippen LogP contribution in [0.15, 0.2) is 50.3 Å². The maximum absolute atomic E-state index is 12.4. The van der Waals surface area contributed by atoms with Gasteiger partial charge in [-0.1, -0.05) is 12.1 Å². The molecule has 0 saturated carbocycles. The highest BCUT2D eigenvalue weighted by atomic mass is 32.1. The van der Waals surface area contributed by atoms with Crippen LogP contribution in [0.1, 0.15) is 0 Å². The zero-order chi connectivity index (χ0) is 14.9. The first-order chi connectivity index (χ1) is 10.8. The van der Waals surface area contributed by atoms with Crippen molar-refractivity contribution in [2.24, 2.45) is 0 Å². The van der Waals surface area contributed by atoms with Crippen LogP contribution in [0.2, 0.25) is 0 Å². The zero-order valence-corrected chi connectivity index (χ0v) is 12.8. The monoisotopic (exact) mass is 313 g/mol. The van der Waals surface area contributed by atoms with Crippen LogP contribution in [0.3, 0.4) is 0 Å². The molecule has 1 aromatic carbocycles. The van der Waals surface area contributed by atoms with Gasteiger partial charge in [-0.05, 0) is 28.5 Å². The molecule has 112 valence electrons. The maximum atomic E-state index is 12.4. The summed E-state index contributed by atoms with van der Waals surface area (Å²) in [5.74, 6) is 0.628. The number of anilines is 1. The third-order valence-electron chi connectivity index (χ3n) is 3.90. The molecular formula is C17H15NO3S. The van der Waals surface area contributed by atoms with Crippen molar-refractivity contribution < 1.29 is 9.15 Å². The molecule has 1 fully saturated rings. The van der Waals surface area contributed by atoms with E-state index >= 15 is 0 Å². The Kier molecular flexibility index (Phi) is 3.44. The lowest BCUT2D eigenvalue weighted by molar-refractivity contribution is 0.121. The molecule has 3 aromatic rings. The topological polar surface area (TPSA) is 42.7 Å². The number of hydrogen-bond acceptors (Lipinski definition) is 5. The lowest BCUT2D eigenvalue weighted by Crippen LogP contribution is -2.36. The number of fused-ring (bicyclic) bond motifs is 1. The number of para-hydroxylation sites is 1. The molecule has 0 aliphatic carbocycles. The van der Waals surface area contributed by atoms with Gasteiger partial charge in [-0.25, -0.2) is 0 Å². The zero-order valence-electron chi connectivity index (χ0n) is 12.0. The Labute approximate surface area is 131 Å². The molecule has 22 heavy (non-hydrogen) atoms. The second kappa shape index (κ2) is 5.59. The van der Waals surface area contributed by atoms with Crippen molar-refractivity contribution in [3.05, 3.63) is 51.3 Å². The fourth-order valence-corrected chi connectivity index (χ4v) is 3.41. The molecule has 4 rings (SSSR count). The quantitative estimate of drug-likeness (QED) is 0.727. The van der Waals surface area contributed by atoms with Crippen LogP contribution in [0.25, 0.3) is 22.1 Å². The fraction of sp³-hybridized carbons (Fsp3) is 0.235. The number of hydrogen-bond donors (Lipinski definition) is 0. The molecule has 1 aliphatic heterocycles. The number of ether oxygens (including phenoxy) is 1. The van der Waals surface area contributed by atoms with Gasteiger partial charge in [0.25, 0.3) is 0 Å². The molecule has 0 spiro atoms. The minimum atomic E-state index is -0.000165. The molecule has 2 aromatic heterocycles. The first kappa shape index (κ1) is 13.5. The summed E-state index contributed by atoms with van der Waals surface area (Å²) in [7, 11) is 0. The average molecular weight is 313 g/mol. The van der Waals surface area contributed by atoms with E-state index < -0.39 is 0 Å². The van der Waals surface area contributed by atoms with Crippen LogP contribution in [0.5, 0.6) is 0 Å². The second-order valence-corrected chi connectivity index (χ2v) is 6.02. The largest absolute Gasteiger partial charge is 0.440 e. The van der Waals surface area contributed by atoms with Crippen LogP contribution in [-0.2, 0) is 4.74 Å². The first-order valence-corrected chi connectivity index (χ1v) is 8.19. The van der Waals surface area contributed by atoms with E-state index in [-0.39, 0.29) is 5.43 Å².